The highest BCUT2D eigenvalue weighted by Crippen LogP contribution is 2.32. The number of carbonyl (C=O) groups excluding carboxylic acids is 4. The normalized spacial score (nSPS) is 16.9. The number of amides is 4. The highest BCUT2D eigenvalue weighted by atomic mass is 16.2. The van der Waals surface area contributed by atoms with Gasteiger partial charge in [-0.1, -0.05) is 109 Å². The molecule has 4 amide bonds. The largest absolute Gasteiger partial charge is 0.333 e. The fourth-order valence-corrected chi connectivity index (χ4v) is 6.37. The molecular formula is C41H35N7O4. The van der Waals surface area contributed by atoms with Crippen LogP contribution in [0.25, 0.3) is 0 Å². The van der Waals surface area contributed by atoms with E-state index in [-0.39, 0.29) is 5.78 Å². The fraction of sp³-hybridized carbons (Fsp3) is 0.122. The minimum atomic E-state index is -1.47. The number of fused-ring (bicyclic) bond motifs is 2. The van der Waals surface area contributed by atoms with E-state index in [1.165, 1.54) is 21.7 Å². The molecule has 0 bridgehead atoms. The summed E-state index contributed by atoms with van der Waals surface area (Å²) in [5.74, 6) is -1.19. The molecule has 5 aromatic carbocycles. The first-order chi connectivity index (χ1) is 25.2. The second-order valence-corrected chi connectivity index (χ2v) is 12.4. The lowest BCUT2D eigenvalue weighted by molar-refractivity contribution is -0.130. The smallest absolute Gasteiger partial charge is 0.312 e. The summed E-state index contributed by atoms with van der Waals surface area (Å²) in [7, 11) is 3.28. The van der Waals surface area contributed by atoms with Gasteiger partial charge in [0.25, 0.3) is 11.8 Å². The number of hydrogen-bond donors (Lipinski definition) is 2. The second-order valence-electron chi connectivity index (χ2n) is 12.4. The van der Waals surface area contributed by atoms with Crippen molar-refractivity contribution in [3.05, 3.63) is 161 Å². The van der Waals surface area contributed by atoms with Gasteiger partial charge in [0, 0.05) is 47.6 Å². The van der Waals surface area contributed by atoms with Crippen LogP contribution in [-0.4, -0.2) is 66.5 Å². The van der Waals surface area contributed by atoms with E-state index >= 15 is 0 Å². The highest BCUT2D eigenvalue weighted by Gasteiger charge is 2.43. The van der Waals surface area contributed by atoms with Crippen molar-refractivity contribution in [2.24, 2.45) is 9.98 Å². The van der Waals surface area contributed by atoms with Gasteiger partial charge in [-0.05, 0) is 31.2 Å². The van der Waals surface area contributed by atoms with Crippen LogP contribution in [0, 0.1) is 0 Å². The van der Waals surface area contributed by atoms with Gasteiger partial charge in [0.05, 0.1) is 22.8 Å². The third kappa shape index (κ3) is 6.48. The first-order valence-corrected chi connectivity index (χ1v) is 16.7. The number of benzene rings is 5. The number of ketones is 1. The Balaban J connectivity index is 1.42. The number of hydrazine groups is 1. The Bertz CT molecular complexity index is 2130. The number of urea groups is 1. The minimum Gasteiger partial charge on any atom is -0.312 e. The summed E-state index contributed by atoms with van der Waals surface area (Å²) < 4.78 is 0. The lowest BCUT2D eigenvalue weighted by atomic mass is 10.0. The third-order valence-corrected chi connectivity index (χ3v) is 9.03. The third-order valence-electron chi connectivity index (χ3n) is 9.03. The maximum Gasteiger partial charge on any atom is 0.333 e. The number of hydrogen-bond acceptors (Lipinski definition) is 7. The van der Waals surface area contributed by atoms with E-state index in [9.17, 15) is 19.2 Å². The molecule has 1 unspecified atom stereocenters. The van der Waals surface area contributed by atoms with Crippen molar-refractivity contribution >= 4 is 52.1 Å². The summed E-state index contributed by atoms with van der Waals surface area (Å²) in [6.07, 6.45) is -2.93. The van der Waals surface area contributed by atoms with Crippen LogP contribution in [0.4, 0.5) is 21.9 Å². The SMILES string of the molecule is CC(=O)c1cccc(NC(=O)NN(C2N=C(c3ccccc3)c3ccccc3N(C)C2=O)[C@H]2N=C(c3ccccc3)c3ccccc3N(C)C2=O)c1. The van der Waals surface area contributed by atoms with Gasteiger partial charge in [-0.3, -0.25) is 29.8 Å². The molecule has 7 rings (SSSR count). The van der Waals surface area contributed by atoms with E-state index in [0.717, 1.165) is 11.1 Å². The molecule has 52 heavy (non-hydrogen) atoms. The Labute approximate surface area is 300 Å². The van der Waals surface area contributed by atoms with Crippen molar-refractivity contribution < 1.29 is 19.2 Å². The maximum absolute atomic E-state index is 14.7. The molecule has 0 saturated carbocycles. The Morgan fingerprint density at radius 1 is 0.615 bits per heavy atom. The minimum absolute atomic E-state index is 0.172. The highest BCUT2D eigenvalue weighted by molar-refractivity contribution is 6.21. The average molecular weight is 690 g/mol. The molecule has 258 valence electrons. The number of Topliss-reactive ketones (excluding diaryl/α,β-unsaturated/α-hetero) is 1. The molecule has 2 N–H and O–H groups in total. The average Bonchev–Trinajstić information content (AvgIpc) is 3.35. The first kappa shape index (κ1) is 33.8. The first-order valence-electron chi connectivity index (χ1n) is 16.7. The number of para-hydroxylation sites is 2. The van der Waals surface area contributed by atoms with Crippen molar-refractivity contribution in [1.82, 2.24) is 10.4 Å². The quantitative estimate of drug-likeness (QED) is 0.162. The van der Waals surface area contributed by atoms with Gasteiger partial charge in [-0.2, -0.15) is 5.01 Å². The molecule has 0 fully saturated rings. The van der Waals surface area contributed by atoms with Gasteiger partial charge in [0.2, 0.25) is 12.3 Å². The summed E-state index contributed by atoms with van der Waals surface area (Å²) in [4.78, 5) is 68.5. The van der Waals surface area contributed by atoms with Crippen LogP contribution in [0.3, 0.4) is 0 Å². The van der Waals surface area contributed by atoms with Gasteiger partial charge in [-0.25, -0.2) is 4.79 Å². The van der Waals surface area contributed by atoms with Gasteiger partial charge in [0.15, 0.2) is 5.78 Å². The van der Waals surface area contributed by atoms with Crippen LogP contribution >= 0.6 is 0 Å². The number of carbonyl (C=O) groups is 4. The Kier molecular flexibility index (Phi) is 9.26. The molecule has 2 atom stereocenters. The van der Waals surface area contributed by atoms with E-state index in [2.05, 4.69) is 10.7 Å². The van der Waals surface area contributed by atoms with E-state index in [4.69, 9.17) is 9.98 Å². The fourth-order valence-electron chi connectivity index (χ4n) is 6.37. The summed E-state index contributed by atoms with van der Waals surface area (Å²) in [5.41, 5.74) is 8.59. The molecule has 2 aliphatic rings. The predicted octanol–water partition coefficient (Wildman–Crippen LogP) is 5.91. The van der Waals surface area contributed by atoms with E-state index < -0.39 is 30.2 Å². The van der Waals surface area contributed by atoms with Crippen molar-refractivity contribution in [2.75, 3.05) is 29.2 Å². The van der Waals surface area contributed by atoms with Crippen LogP contribution in [0.15, 0.2) is 143 Å². The molecule has 0 spiro atoms. The molecule has 0 radical (unpaired) electrons. The number of aliphatic imine (C=N–C) groups is 2. The summed E-state index contributed by atoms with van der Waals surface area (Å²) in [6.45, 7) is 1.43. The Morgan fingerprint density at radius 3 is 1.56 bits per heavy atom. The van der Waals surface area contributed by atoms with Gasteiger partial charge < -0.3 is 15.1 Å². The molecular weight excluding hydrogens is 654 g/mol. The number of anilines is 3. The van der Waals surface area contributed by atoms with Crippen LogP contribution < -0.4 is 20.5 Å². The number of likely N-dealkylation sites (N-methyl/N-ethyl adjacent to an activating group) is 2. The van der Waals surface area contributed by atoms with Crippen molar-refractivity contribution in [3.8, 4) is 0 Å². The predicted molar refractivity (Wildman–Crippen MR) is 202 cm³/mol. The van der Waals surface area contributed by atoms with Crippen LogP contribution in [0.1, 0.15) is 39.5 Å². The number of nitrogens with one attached hydrogen (secondary N) is 2. The summed E-state index contributed by atoms with van der Waals surface area (Å²) >= 11 is 0. The molecule has 11 heteroatoms. The van der Waals surface area contributed by atoms with Crippen LogP contribution in [0.5, 0.6) is 0 Å². The van der Waals surface area contributed by atoms with Gasteiger partial charge in [0.1, 0.15) is 0 Å². The zero-order valence-electron chi connectivity index (χ0n) is 28.7. The Morgan fingerprint density at radius 2 is 1.08 bits per heavy atom. The van der Waals surface area contributed by atoms with E-state index in [1.54, 1.807) is 38.4 Å². The van der Waals surface area contributed by atoms with Crippen LogP contribution in [-0.2, 0) is 9.59 Å². The van der Waals surface area contributed by atoms with Gasteiger partial charge >= 0.3 is 6.03 Å². The molecule has 11 nitrogen and oxygen atoms in total. The van der Waals surface area contributed by atoms with E-state index in [0.29, 0.717) is 45.2 Å². The topological polar surface area (TPSA) is 127 Å². The van der Waals surface area contributed by atoms with Crippen molar-refractivity contribution in [3.63, 3.8) is 0 Å². The van der Waals surface area contributed by atoms with E-state index in [1.807, 2.05) is 109 Å². The van der Waals surface area contributed by atoms with Crippen LogP contribution in [0.2, 0.25) is 0 Å². The lowest BCUT2D eigenvalue weighted by Crippen LogP contribution is -2.62. The maximum atomic E-state index is 14.7. The van der Waals surface area contributed by atoms with Gasteiger partial charge in [-0.15, -0.1) is 0 Å². The zero-order valence-corrected chi connectivity index (χ0v) is 28.7. The molecule has 2 heterocycles. The number of rotatable bonds is 7. The molecule has 2 aliphatic heterocycles. The number of benzodiazepines with no additional fused rings is 2. The molecule has 0 saturated heterocycles. The van der Waals surface area contributed by atoms with Crippen molar-refractivity contribution in [2.45, 2.75) is 19.3 Å². The summed E-state index contributed by atoms with van der Waals surface area (Å²) in [6, 6.07) is 39.4. The lowest BCUT2D eigenvalue weighted by Gasteiger charge is -2.34. The zero-order chi connectivity index (χ0) is 36.4. The van der Waals surface area contributed by atoms with Crippen molar-refractivity contribution in [1.29, 1.82) is 0 Å². The molecule has 0 aromatic heterocycles. The molecule has 5 aromatic rings. The standard InChI is InChI=1S/C41H35N7O4/c1-26(49)29-19-14-20-30(25-29)42-41(52)45-48(37-39(50)46(2)33-23-12-10-21-31(33)35(43-37)27-15-6-4-7-16-27)38-40(51)47(3)34-24-13-11-22-32(34)36(44-38)28-17-8-5-9-18-28/h4-25,37-38H,1-3H3,(H2,42,45,52)/t37-,38?/m1/s1. The monoisotopic (exact) mass is 689 g/mol. The molecule has 0 aliphatic carbocycles. The second kappa shape index (κ2) is 14.3. The number of nitrogens with zero attached hydrogens (tertiary/aromatic N) is 5. The summed E-state index contributed by atoms with van der Waals surface area (Å²) in [5, 5.41) is 3.97. The Hall–Kier alpha value is -6.72.